The van der Waals surface area contributed by atoms with Crippen LogP contribution in [0.3, 0.4) is 0 Å². The highest BCUT2D eigenvalue weighted by molar-refractivity contribution is 7.91. The Kier molecular flexibility index (Phi) is 7.23. The van der Waals surface area contributed by atoms with E-state index >= 15 is 0 Å². The van der Waals surface area contributed by atoms with Crippen molar-refractivity contribution in [3.8, 4) is 0 Å². The Hall–Kier alpha value is -0.0900. The van der Waals surface area contributed by atoms with Crippen LogP contribution in [0.15, 0.2) is 0 Å². The molecule has 0 bridgehead atoms. The van der Waals surface area contributed by atoms with Gasteiger partial charge in [0.25, 0.3) is 0 Å². The summed E-state index contributed by atoms with van der Waals surface area (Å²) in [5.41, 5.74) is 0. The van der Waals surface area contributed by atoms with Crippen molar-refractivity contribution in [1.29, 1.82) is 0 Å². The molecule has 1 saturated carbocycles. The van der Waals surface area contributed by atoms with Gasteiger partial charge in [0.1, 0.15) is 0 Å². The fourth-order valence-electron chi connectivity index (χ4n) is 2.83. The minimum atomic E-state index is -2.83. The van der Waals surface area contributed by atoms with Gasteiger partial charge in [-0.05, 0) is 32.1 Å². The summed E-state index contributed by atoms with van der Waals surface area (Å²) >= 11 is 0. The SMILES string of the molecule is CCCS(=O)(=O)CCN[C@H](C)C1CCCCCC1. The summed E-state index contributed by atoms with van der Waals surface area (Å²) in [6.45, 7) is 4.74. The zero-order valence-electron chi connectivity index (χ0n) is 12.0. The second-order valence-electron chi connectivity index (χ2n) is 5.65. The molecule has 0 saturated heterocycles. The second kappa shape index (κ2) is 8.16. The molecule has 4 heteroatoms. The van der Waals surface area contributed by atoms with Gasteiger partial charge in [0.05, 0.1) is 5.75 Å². The van der Waals surface area contributed by atoms with Crippen LogP contribution in [0.4, 0.5) is 0 Å². The fraction of sp³-hybridized carbons (Fsp3) is 1.00. The molecule has 0 unspecified atom stereocenters. The lowest BCUT2D eigenvalue weighted by molar-refractivity contribution is 0.343. The van der Waals surface area contributed by atoms with Crippen LogP contribution in [-0.2, 0) is 9.84 Å². The predicted molar refractivity (Wildman–Crippen MR) is 77.6 cm³/mol. The fourth-order valence-corrected chi connectivity index (χ4v) is 4.09. The highest BCUT2D eigenvalue weighted by atomic mass is 32.2. The van der Waals surface area contributed by atoms with E-state index in [1.165, 1.54) is 38.5 Å². The van der Waals surface area contributed by atoms with Crippen molar-refractivity contribution in [1.82, 2.24) is 5.32 Å². The van der Waals surface area contributed by atoms with Crippen LogP contribution in [0.5, 0.6) is 0 Å². The molecule has 108 valence electrons. The van der Waals surface area contributed by atoms with Gasteiger partial charge in [-0.1, -0.05) is 32.6 Å². The van der Waals surface area contributed by atoms with Crippen molar-refractivity contribution >= 4 is 9.84 Å². The van der Waals surface area contributed by atoms with E-state index in [9.17, 15) is 8.42 Å². The lowest BCUT2D eigenvalue weighted by Crippen LogP contribution is -2.36. The monoisotopic (exact) mass is 275 g/mol. The van der Waals surface area contributed by atoms with Crippen molar-refractivity contribution in [2.75, 3.05) is 18.1 Å². The lowest BCUT2D eigenvalue weighted by atomic mass is 9.93. The van der Waals surface area contributed by atoms with E-state index in [0.717, 1.165) is 12.3 Å². The molecule has 1 aliphatic carbocycles. The topological polar surface area (TPSA) is 46.2 Å². The first-order valence-corrected chi connectivity index (χ1v) is 9.31. The van der Waals surface area contributed by atoms with Crippen LogP contribution in [0, 0.1) is 5.92 Å². The predicted octanol–water partition coefficient (Wildman–Crippen LogP) is 2.76. The maximum atomic E-state index is 11.6. The molecule has 1 rings (SSSR count). The maximum absolute atomic E-state index is 11.6. The smallest absolute Gasteiger partial charge is 0.151 e. The largest absolute Gasteiger partial charge is 0.313 e. The summed E-state index contributed by atoms with van der Waals surface area (Å²) in [4.78, 5) is 0. The van der Waals surface area contributed by atoms with Crippen molar-refractivity contribution < 1.29 is 8.42 Å². The molecule has 0 aromatic rings. The molecule has 0 aromatic heterocycles. The van der Waals surface area contributed by atoms with Gasteiger partial charge < -0.3 is 5.32 Å². The number of rotatable bonds is 7. The van der Waals surface area contributed by atoms with E-state index in [1.807, 2.05) is 6.92 Å². The Morgan fingerprint density at radius 3 is 2.28 bits per heavy atom. The minimum Gasteiger partial charge on any atom is -0.313 e. The van der Waals surface area contributed by atoms with Gasteiger partial charge >= 0.3 is 0 Å². The molecule has 0 radical (unpaired) electrons. The van der Waals surface area contributed by atoms with Gasteiger partial charge in [0, 0.05) is 18.3 Å². The van der Waals surface area contributed by atoms with Crippen molar-refractivity contribution in [2.45, 2.75) is 64.8 Å². The van der Waals surface area contributed by atoms with Gasteiger partial charge in [0.2, 0.25) is 0 Å². The molecule has 1 atom stereocenters. The van der Waals surface area contributed by atoms with E-state index in [4.69, 9.17) is 0 Å². The highest BCUT2D eigenvalue weighted by Crippen LogP contribution is 2.25. The third-order valence-electron chi connectivity index (χ3n) is 4.00. The molecule has 0 spiro atoms. The molecular formula is C14H29NO2S. The number of hydrogen-bond acceptors (Lipinski definition) is 3. The molecule has 1 aliphatic rings. The van der Waals surface area contributed by atoms with Gasteiger partial charge in [-0.25, -0.2) is 8.42 Å². The molecular weight excluding hydrogens is 246 g/mol. The van der Waals surface area contributed by atoms with Crippen molar-refractivity contribution in [3.63, 3.8) is 0 Å². The number of sulfone groups is 1. The molecule has 0 heterocycles. The van der Waals surface area contributed by atoms with Gasteiger partial charge in [-0.15, -0.1) is 0 Å². The Morgan fingerprint density at radius 2 is 1.72 bits per heavy atom. The second-order valence-corrected chi connectivity index (χ2v) is 7.95. The molecule has 1 fully saturated rings. The summed E-state index contributed by atoms with van der Waals surface area (Å²) < 4.78 is 23.2. The van der Waals surface area contributed by atoms with Crippen LogP contribution < -0.4 is 5.32 Å². The summed E-state index contributed by atoms with van der Waals surface area (Å²) in [7, 11) is -2.83. The molecule has 1 N–H and O–H groups in total. The standard InChI is InChI=1S/C14H29NO2S/c1-3-11-18(16,17)12-10-15-13(2)14-8-6-4-5-7-9-14/h13-15H,3-12H2,1-2H3/t13-/m1/s1. The third-order valence-corrected chi connectivity index (χ3v) is 5.86. The Balaban J connectivity index is 2.25. The third kappa shape index (κ3) is 6.19. The Labute approximate surface area is 113 Å². The average molecular weight is 275 g/mol. The first-order valence-electron chi connectivity index (χ1n) is 7.49. The molecule has 0 aliphatic heterocycles. The van der Waals surface area contributed by atoms with Gasteiger partial charge in [-0.3, -0.25) is 0 Å². The minimum absolute atomic E-state index is 0.290. The van der Waals surface area contributed by atoms with Crippen LogP contribution >= 0.6 is 0 Å². The van der Waals surface area contributed by atoms with Crippen molar-refractivity contribution in [3.05, 3.63) is 0 Å². The van der Waals surface area contributed by atoms with Crippen molar-refractivity contribution in [2.24, 2.45) is 5.92 Å². The molecule has 3 nitrogen and oxygen atoms in total. The zero-order chi connectivity index (χ0) is 13.4. The van der Waals surface area contributed by atoms with Gasteiger partial charge in [0.15, 0.2) is 9.84 Å². The van der Waals surface area contributed by atoms with E-state index in [2.05, 4.69) is 12.2 Å². The highest BCUT2D eigenvalue weighted by Gasteiger charge is 2.19. The Morgan fingerprint density at radius 1 is 1.11 bits per heavy atom. The summed E-state index contributed by atoms with van der Waals surface area (Å²) in [5, 5.41) is 3.42. The van der Waals surface area contributed by atoms with Crippen LogP contribution in [-0.4, -0.2) is 32.5 Å². The molecule has 18 heavy (non-hydrogen) atoms. The quantitative estimate of drug-likeness (QED) is 0.727. The normalized spacial score (nSPS) is 20.6. The number of hydrogen-bond donors (Lipinski definition) is 1. The van der Waals surface area contributed by atoms with Gasteiger partial charge in [-0.2, -0.15) is 0 Å². The summed E-state index contributed by atoms with van der Waals surface area (Å²) in [6, 6.07) is 0.458. The van der Waals surface area contributed by atoms with E-state index < -0.39 is 9.84 Å². The number of nitrogens with one attached hydrogen (secondary N) is 1. The van der Waals surface area contributed by atoms with Crippen LogP contribution in [0.2, 0.25) is 0 Å². The summed E-state index contributed by atoms with van der Waals surface area (Å²) in [6.07, 6.45) is 8.74. The van der Waals surface area contributed by atoms with E-state index in [0.29, 0.717) is 18.3 Å². The van der Waals surface area contributed by atoms with E-state index in [1.54, 1.807) is 0 Å². The first-order chi connectivity index (χ1) is 8.55. The Bertz CT molecular complexity index is 306. The van der Waals surface area contributed by atoms with E-state index in [-0.39, 0.29) is 5.75 Å². The van der Waals surface area contributed by atoms with Crippen LogP contribution in [0.25, 0.3) is 0 Å². The maximum Gasteiger partial charge on any atom is 0.151 e. The first kappa shape index (κ1) is 16.0. The molecule has 0 amide bonds. The average Bonchev–Trinajstić information content (AvgIpc) is 2.56. The lowest BCUT2D eigenvalue weighted by Gasteiger charge is -2.23. The summed E-state index contributed by atoms with van der Waals surface area (Å²) in [5.74, 6) is 1.35. The zero-order valence-corrected chi connectivity index (χ0v) is 12.8. The molecule has 0 aromatic carbocycles. The van der Waals surface area contributed by atoms with Crippen LogP contribution in [0.1, 0.15) is 58.8 Å².